The van der Waals surface area contributed by atoms with Crippen molar-refractivity contribution >= 4 is 6.03 Å². The number of amides is 2. The number of hydrogen-bond donors (Lipinski definition) is 3. The quantitative estimate of drug-likeness (QED) is 0.668. The number of aromatic amines is 1. The van der Waals surface area contributed by atoms with E-state index in [-0.39, 0.29) is 18.4 Å². The Hall–Kier alpha value is -3.29. The van der Waals surface area contributed by atoms with Crippen LogP contribution in [-0.2, 0) is 13.1 Å². The molecule has 0 atom stereocenters. The van der Waals surface area contributed by atoms with Crippen molar-refractivity contribution < 1.29 is 9.18 Å². The average molecular weight is 326 g/mol. The summed E-state index contributed by atoms with van der Waals surface area (Å²) in [6.45, 7) is 0.613. The fourth-order valence-corrected chi connectivity index (χ4v) is 2.01. The molecule has 7 nitrogen and oxygen atoms in total. The number of nitrogens with zero attached hydrogens (tertiary/aromatic N) is 3. The molecule has 122 valence electrons. The van der Waals surface area contributed by atoms with E-state index < -0.39 is 0 Å². The molecule has 3 aromatic rings. The Morgan fingerprint density at radius 2 is 1.75 bits per heavy atom. The molecule has 0 unspecified atom stereocenters. The van der Waals surface area contributed by atoms with Crippen LogP contribution < -0.4 is 10.6 Å². The van der Waals surface area contributed by atoms with Gasteiger partial charge in [-0.15, -0.1) is 0 Å². The molecule has 0 bridgehead atoms. The summed E-state index contributed by atoms with van der Waals surface area (Å²) in [6.07, 6.45) is 3.33. The maximum atomic E-state index is 12.9. The Balaban J connectivity index is 1.50. The van der Waals surface area contributed by atoms with Crippen molar-refractivity contribution in [3.8, 4) is 11.4 Å². The number of pyridine rings is 1. The van der Waals surface area contributed by atoms with Crippen LogP contribution in [0.25, 0.3) is 11.4 Å². The average Bonchev–Trinajstić information content (AvgIpc) is 3.09. The van der Waals surface area contributed by atoms with E-state index in [9.17, 15) is 9.18 Å². The fourth-order valence-electron chi connectivity index (χ4n) is 2.01. The third kappa shape index (κ3) is 4.13. The fraction of sp³-hybridized carbons (Fsp3) is 0.125. The SMILES string of the molecule is O=C(NCc1ccncc1)NCc1nc(-c2ccc(F)cc2)n[nH]1. The van der Waals surface area contributed by atoms with Crippen molar-refractivity contribution in [1.82, 2.24) is 30.8 Å². The first-order valence-electron chi connectivity index (χ1n) is 7.28. The monoisotopic (exact) mass is 326 g/mol. The van der Waals surface area contributed by atoms with Crippen LogP contribution in [-0.4, -0.2) is 26.2 Å². The van der Waals surface area contributed by atoms with Gasteiger partial charge in [-0.3, -0.25) is 10.1 Å². The number of halogens is 1. The second-order valence-corrected chi connectivity index (χ2v) is 5.00. The van der Waals surface area contributed by atoms with Crippen LogP contribution >= 0.6 is 0 Å². The molecular formula is C16H15FN6O. The van der Waals surface area contributed by atoms with Gasteiger partial charge < -0.3 is 10.6 Å². The summed E-state index contributed by atoms with van der Waals surface area (Å²) in [5.41, 5.74) is 1.65. The van der Waals surface area contributed by atoms with E-state index in [4.69, 9.17) is 0 Å². The largest absolute Gasteiger partial charge is 0.334 e. The summed E-state index contributed by atoms with van der Waals surface area (Å²) in [7, 11) is 0. The van der Waals surface area contributed by atoms with Gasteiger partial charge in [-0.25, -0.2) is 14.2 Å². The maximum absolute atomic E-state index is 12.9. The number of carbonyl (C=O) groups is 1. The Bertz CT molecular complexity index is 803. The minimum Gasteiger partial charge on any atom is -0.334 e. The Morgan fingerprint density at radius 3 is 2.50 bits per heavy atom. The van der Waals surface area contributed by atoms with Gasteiger partial charge in [0, 0.05) is 24.5 Å². The number of urea groups is 1. The van der Waals surface area contributed by atoms with Gasteiger partial charge in [-0.1, -0.05) is 0 Å². The van der Waals surface area contributed by atoms with E-state index in [0.29, 0.717) is 23.8 Å². The zero-order chi connectivity index (χ0) is 16.8. The maximum Gasteiger partial charge on any atom is 0.315 e. The van der Waals surface area contributed by atoms with Crippen LogP contribution in [0, 0.1) is 5.82 Å². The van der Waals surface area contributed by atoms with Gasteiger partial charge in [0.25, 0.3) is 0 Å². The van der Waals surface area contributed by atoms with Crippen LogP contribution in [0.15, 0.2) is 48.8 Å². The molecule has 0 saturated carbocycles. The molecule has 2 heterocycles. The molecule has 8 heteroatoms. The van der Waals surface area contributed by atoms with Crippen molar-refractivity contribution in [2.75, 3.05) is 0 Å². The van der Waals surface area contributed by atoms with Gasteiger partial charge in [0.1, 0.15) is 11.6 Å². The third-order valence-electron chi connectivity index (χ3n) is 3.25. The number of H-pyrrole nitrogens is 1. The second-order valence-electron chi connectivity index (χ2n) is 5.00. The number of aromatic nitrogens is 4. The predicted molar refractivity (Wildman–Crippen MR) is 85.1 cm³/mol. The van der Waals surface area contributed by atoms with Crippen LogP contribution in [0.5, 0.6) is 0 Å². The molecule has 1 aromatic carbocycles. The molecule has 3 rings (SSSR count). The zero-order valence-electron chi connectivity index (χ0n) is 12.7. The topological polar surface area (TPSA) is 95.6 Å². The molecule has 0 fully saturated rings. The lowest BCUT2D eigenvalue weighted by atomic mass is 10.2. The van der Waals surface area contributed by atoms with E-state index in [1.807, 2.05) is 12.1 Å². The molecule has 0 saturated heterocycles. The first-order valence-corrected chi connectivity index (χ1v) is 7.28. The van der Waals surface area contributed by atoms with E-state index >= 15 is 0 Å². The summed E-state index contributed by atoms with van der Waals surface area (Å²) in [5.74, 6) is 0.638. The summed E-state index contributed by atoms with van der Waals surface area (Å²) < 4.78 is 12.9. The molecule has 24 heavy (non-hydrogen) atoms. The third-order valence-corrected chi connectivity index (χ3v) is 3.25. The number of nitrogens with one attached hydrogen (secondary N) is 3. The minimum absolute atomic E-state index is 0.205. The summed E-state index contributed by atoms with van der Waals surface area (Å²) in [6, 6.07) is 9.21. The standard InChI is InChI=1S/C16H15FN6O/c17-13-3-1-12(2-4-13)15-21-14(22-23-15)10-20-16(24)19-9-11-5-7-18-8-6-11/h1-8H,9-10H2,(H2,19,20,24)(H,21,22,23). The van der Waals surface area contributed by atoms with Crippen molar-refractivity contribution in [1.29, 1.82) is 0 Å². The van der Waals surface area contributed by atoms with Gasteiger partial charge in [0.2, 0.25) is 0 Å². The van der Waals surface area contributed by atoms with E-state index in [1.54, 1.807) is 24.5 Å². The van der Waals surface area contributed by atoms with Crippen molar-refractivity contribution in [3.63, 3.8) is 0 Å². The Labute approximate surface area is 137 Å². The highest BCUT2D eigenvalue weighted by molar-refractivity contribution is 5.73. The molecule has 2 aromatic heterocycles. The highest BCUT2D eigenvalue weighted by atomic mass is 19.1. The Kier molecular flexibility index (Phi) is 4.76. The molecule has 0 aliphatic heterocycles. The van der Waals surface area contributed by atoms with Crippen molar-refractivity contribution in [3.05, 3.63) is 66.0 Å². The zero-order valence-corrected chi connectivity index (χ0v) is 12.7. The van der Waals surface area contributed by atoms with Gasteiger partial charge in [-0.2, -0.15) is 5.10 Å². The molecule has 0 radical (unpaired) electrons. The lowest BCUT2D eigenvalue weighted by Gasteiger charge is -2.06. The number of rotatable bonds is 5. The van der Waals surface area contributed by atoms with Crippen LogP contribution in [0.4, 0.5) is 9.18 Å². The summed E-state index contributed by atoms with van der Waals surface area (Å²) in [5, 5.41) is 12.2. The predicted octanol–water partition coefficient (Wildman–Crippen LogP) is 2.01. The molecule has 3 N–H and O–H groups in total. The van der Waals surface area contributed by atoms with Gasteiger partial charge in [0.05, 0.1) is 6.54 Å². The minimum atomic E-state index is -0.318. The van der Waals surface area contributed by atoms with E-state index in [1.165, 1.54) is 12.1 Å². The van der Waals surface area contributed by atoms with Crippen LogP contribution in [0.3, 0.4) is 0 Å². The van der Waals surface area contributed by atoms with Crippen LogP contribution in [0.2, 0.25) is 0 Å². The van der Waals surface area contributed by atoms with Crippen molar-refractivity contribution in [2.45, 2.75) is 13.1 Å². The van der Waals surface area contributed by atoms with Gasteiger partial charge >= 0.3 is 6.03 Å². The number of benzene rings is 1. The lowest BCUT2D eigenvalue weighted by molar-refractivity contribution is 0.240. The molecule has 0 spiro atoms. The molecule has 2 amide bonds. The van der Waals surface area contributed by atoms with E-state index in [2.05, 4.69) is 30.8 Å². The first kappa shape index (κ1) is 15.6. The summed E-state index contributed by atoms with van der Waals surface area (Å²) >= 11 is 0. The van der Waals surface area contributed by atoms with Gasteiger partial charge in [0.15, 0.2) is 5.82 Å². The smallest absolute Gasteiger partial charge is 0.315 e. The lowest BCUT2D eigenvalue weighted by Crippen LogP contribution is -2.34. The highest BCUT2D eigenvalue weighted by Crippen LogP contribution is 2.14. The second kappa shape index (κ2) is 7.32. The molecule has 0 aliphatic rings. The normalized spacial score (nSPS) is 10.4. The summed E-state index contributed by atoms with van der Waals surface area (Å²) in [4.78, 5) is 19.9. The Morgan fingerprint density at radius 1 is 1.04 bits per heavy atom. The highest BCUT2D eigenvalue weighted by Gasteiger charge is 2.07. The number of hydrogen-bond acceptors (Lipinski definition) is 4. The number of carbonyl (C=O) groups excluding carboxylic acids is 1. The van der Waals surface area contributed by atoms with Gasteiger partial charge in [-0.05, 0) is 42.0 Å². The molecule has 0 aliphatic carbocycles. The van der Waals surface area contributed by atoms with E-state index in [0.717, 1.165) is 5.56 Å². The first-order chi connectivity index (χ1) is 11.7. The van der Waals surface area contributed by atoms with Crippen LogP contribution in [0.1, 0.15) is 11.4 Å². The molecular weight excluding hydrogens is 311 g/mol. The van der Waals surface area contributed by atoms with Crippen molar-refractivity contribution in [2.24, 2.45) is 0 Å².